The van der Waals surface area contributed by atoms with E-state index in [2.05, 4.69) is 0 Å². The zero-order valence-corrected chi connectivity index (χ0v) is 11.1. The third-order valence-corrected chi connectivity index (χ3v) is 0.877. The number of rotatable bonds is 0. The van der Waals surface area contributed by atoms with E-state index in [0.717, 1.165) is 0 Å². The summed E-state index contributed by atoms with van der Waals surface area (Å²) in [6, 6.07) is 0. The average molecular weight is 632 g/mol. The van der Waals surface area contributed by atoms with Crippen LogP contribution in [0.15, 0.2) is 0 Å². The predicted octanol–water partition coefficient (Wildman–Crippen LogP) is 1.80. The minimum absolute atomic E-state index is 0. The molecule has 104 valence electrons. The van der Waals surface area contributed by atoms with E-state index < -0.39 is 22.9 Å². The van der Waals surface area contributed by atoms with Crippen LogP contribution in [0, 0.1) is 0 Å². The van der Waals surface area contributed by atoms with Crippen LogP contribution < -0.4 is 0 Å². The molecule has 0 aliphatic carbocycles. The molecule has 2 radical (unpaired) electrons. The quantitative estimate of drug-likeness (QED) is 0.192. The Morgan fingerprint density at radius 1 is 1.00 bits per heavy atom. The average Bonchev–Trinajstić information content (AvgIpc) is 1.50. The summed E-state index contributed by atoms with van der Waals surface area (Å²) < 4.78 is 96.5. The number of halogens is 7. The molecule has 0 unspecified atom stereocenters. The van der Waals surface area contributed by atoms with Crippen molar-refractivity contribution in [3.63, 3.8) is 0 Å². The molecule has 1 N–H and O–H groups in total. The van der Waals surface area contributed by atoms with Crippen LogP contribution in [0.5, 0.6) is 0 Å². The van der Waals surface area contributed by atoms with Gasteiger partial charge < -0.3 is 17.3 Å². The van der Waals surface area contributed by atoms with Crippen molar-refractivity contribution >= 4 is 17.4 Å². The molecule has 15 heavy (non-hydrogen) atoms. The van der Waals surface area contributed by atoms with Gasteiger partial charge in [-0.15, -0.1) is 0 Å². The van der Waals surface area contributed by atoms with Gasteiger partial charge in [0.05, 0.1) is 0 Å². The maximum Gasteiger partial charge on any atom is 1.00 e. The van der Waals surface area contributed by atoms with Gasteiger partial charge in [-0.05, 0) is 0 Å². The second-order valence-electron chi connectivity index (χ2n) is 1.42. The molecule has 3 nitrogen and oxygen atoms in total. The molecule has 0 aromatic carbocycles. The molecule has 0 aliphatic rings. The first-order valence-corrected chi connectivity index (χ1v) is 3.60. The summed E-state index contributed by atoms with van der Waals surface area (Å²) in [5, 5.41) is 0. The topological polar surface area (TPSA) is 54.4 Å². The van der Waals surface area contributed by atoms with Crippen LogP contribution in [0.3, 0.4) is 0 Å². The maximum absolute atomic E-state index is 10.7. The molecule has 0 amide bonds. The van der Waals surface area contributed by atoms with Crippen LogP contribution in [0.2, 0.25) is 0 Å². The third-order valence-electron chi connectivity index (χ3n) is 0.292. The Labute approximate surface area is 112 Å². The van der Waals surface area contributed by atoms with E-state index in [0.29, 0.717) is 0 Å². The van der Waals surface area contributed by atoms with Crippen molar-refractivity contribution in [3.05, 3.63) is 0 Å². The maximum atomic E-state index is 10.7. The Bertz CT molecular complexity index is 243. The van der Waals surface area contributed by atoms with Gasteiger partial charge in [0, 0.05) is 44.8 Å². The first-order valence-electron chi connectivity index (χ1n) is 2.16. The summed E-state index contributed by atoms with van der Waals surface area (Å²) in [5.41, 5.74) is -5.53. The minimum Gasteiger partial charge on any atom is -0.418 e. The fraction of sp³-hybridized carbons (Fsp3) is 1.00. The Morgan fingerprint density at radius 2 is 1.07 bits per heavy atom. The summed E-state index contributed by atoms with van der Waals surface area (Å²) in [6.07, 6.45) is 0. The first-order chi connectivity index (χ1) is 5.25. The summed E-state index contributed by atoms with van der Waals surface area (Å²) in [4.78, 5) is 0. The van der Waals surface area contributed by atoms with Crippen LogP contribution >= 0.6 is 0 Å². The molecule has 0 aromatic rings. The van der Waals surface area contributed by atoms with E-state index >= 15 is 0 Å². The van der Waals surface area contributed by atoms with Crippen molar-refractivity contribution < 1.29 is 89.6 Å². The minimum atomic E-state index is -6.00. The third kappa shape index (κ3) is 25.3. The molecule has 0 saturated heterocycles. The van der Waals surface area contributed by atoms with Gasteiger partial charge in [0.2, 0.25) is 0 Å². The first kappa shape index (κ1) is 25.0. The molecular weight excluding hydrogens is 630 g/mol. The van der Waals surface area contributed by atoms with Gasteiger partial charge in [-0.25, -0.2) is 0 Å². The van der Waals surface area contributed by atoms with Gasteiger partial charge in [-0.3, -0.25) is 4.55 Å². The van der Waals surface area contributed by atoms with Crippen molar-refractivity contribution in [2.75, 3.05) is 0 Å². The van der Waals surface area contributed by atoms with E-state index in [9.17, 15) is 30.4 Å². The zero-order chi connectivity index (χ0) is 11.5. The molecule has 0 atom stereocenters. The summed E-state index contributed by atoms with van der Waals surface area (Å²) in [6.45, 7) is 0. The Balaban J connectivity index is -0.0000000454. The molecule has 14 heteroatoms. The molecule has 0 spiro atoms. The van der Waals surface area contributed by atoms with Crippen molar-refractivity contribution in [1.82, 2.24) is 0 Å². The SMILES string of the molecule is F[B-](F)(F)F.O=S(=O)(O)C(F)(F)F.[Au].[Au].[H+]. The van der Waals surface area contributed by atoms with Crippen LogP contribution in [-0.2, 0) is 54.9 Å². The van der Waals surface area contributed by atoms with Crippen molar-refractivity contribution in [3.8, 4) is 0 Å². The molecule has 0 aromatic heterocycles. The fourth-order valence-corrected chi connectivity index (χ4v) is 0. The predicted molar refractivity (Wildman–Crippen MR) is 28.9 cm³/mol. The van der Waals surface area contributed by atoms with Crippen molar-refractivity contribution in [1.29, 1.82) is 0 Å². The van der Waals surface area contributed by atoms with Gasteiger partial charge in [-0.2, -0.15) is 21.6 Å². The van der Waals surface area contributed by atoms with E-state index in [1.165, 1.54) is 0 Å². The largest absolute Gasteiger partial charge is 1.00 e. The monoisotopic (exact) mass is 632 g/mol. The molecule has 0 rings (SSSR count). The second kappa shape index (κ2) is 8.11. The Morgan fingerprint density at radius 3 is 1.07 bits per heavy atom. The smallest absolute Gasteiger partial charge is 0.418 e. The van der Waals surface area contributed by atoms with Gasteiger partial charge in [0.1, 0.15) is 0 Å². The summed E-state index contributed by atoms with van der Waals surface area (Å²) >= 11 is 0. The van der Waals surface area contributed by atoms with Crippen LogP contribution in [-0.4, -0.2) is 25.7 Å². The van der Waals surface area contributed by atoms with E-state index in [4.69, 9.17) is 13.0 Å². The van der Waals surface area contributed by atoms with E-state index in [-0.39, 0.29) is 46.2 Å². The zero-order valence-electron chi connectivity index (χ0n) is 7.00. The molecule has 0 fully saturated rings. The van der Waals surface area contributed by atoms with Gasteiger partial charge in [0.15, 0.2) is 0 Å². The number of hydrogen-bond acceptors (Lipinski definition) is 2. The summed E-state index contributed by atoms with van der Waals surface area (Å²) in [5.74, 6) is 0. The normalized spacial score (nSPS) is 11.5. The number of hydrogen-bond donors (Lipinski definition) is 1. The molecule has 0 bridgehead atoms. The van der Waals surface area contributed by atoms with Gasteiger partial charge >= 0.3 is 24.3 Å². The Hall–Kier alpha value is 0.965. The van der Waals surface area contributed by atoms with E-state index in [1.807, 2.05) is 0 Å². The van der Waals surface area contributed by atoms with Crippen LogP contribution in [0.4, 0.5) is 30.4 Å². The standard InChI is InChI=1S/CHF3O3S.2Au.BF4/c2-1(3,4)8(5,6)7;;;2-1(3,4)5/h(H,5,6,7);;;/q;;;-1/p+1. The van der Waals surface area contributed by atoms with E-state index in [1.54, 1.807) is 0 Å². The molecule has 0 heterocycles. The van der Waals surface area contributed by atoms with Crippen molar-refractivity contribution in [2.45, 2.75) is 5.51 Å². The van der Waals surface area contributed by atoms with Crippen molar-refractivity contribution in [2.24, 2.45) is 0 Å². The van der Waals surface area contributed by atoms with Gasteiger partial charge in [-0.1, -0.05) is 0 Å². The fourth-order valence-electron chi connectivity index (χ4n) is 0. The molecule has 0 aliphatic heterocycles. The summed E-state index contributed by atoms with van der Waals surface area (Å²) in [7, 11) is -11.8. The molecule has 0 saturated carbocycles. The van der Waals surface area contributed by atoms with Crippen LogP contribution in [0.1, 0.15) is 1.43 Å². The Kier molecular flexibility index (Phi) is 13.5. The number of alkyl halides is 3. The second-order valence-corrected chi connectivity index (χ2v) is 2.83. The van der Waals surface area contributed by atoms with Gasteiger partial charge in [0.25, 0.3) is 0 Å². The molecular formula is CH2Au2BF7O3S. The van der Waals surface area contributed by atoms with Crippen LogP contribution in [0.25, 0.3) is 0 Å².